The fraction of sp³-hybridized carbons (Fsp3) is 0.630. The number of carbonyl (C=O) groups excluding carboxylic acids is 2. The first-order valence-electron chi connectivity index (χ1n) is 13.4. The summed E-state index contributed by atoms with van der Waals surface area (Å²) in [7, 11) is 0. The second kappa shape index (κ2) is 9.07. The standard InChI is InChI=1S/C27H32F3N5O3/c1-16-12-19(20(28)15-31-16)21-13-22(34-33-21)24(37)35-10-4-17(14-25(35)7-8-25)23(36)32-18-2-5-26(6-3-18)27(29,30)9-11-38-26/h12-13,15,17-18H,2-11,14H2,1H3,(H,32,36)(H,33,34)/t17-,18?,26?/m1/s1. The molecular weight excluding hydrogens is 499 g/mol. The second-order valence-electron chi connectivity index (χ2n) is 11.4. The van der Waals surface area contributed by atoms with Gasteiger partial charge in [-0.05, 0) is 70.4 Å². The Balaban J connectivity index is 1.07. The van der Waals surface area contributed by atoms with Crippen molar-refractivity contribution < 1.29 is 27.5 Å². The summed E-state index contributed by atoms with van der Waals surface area (Å²) in [5.41, 5.74) is -0.187. The molecule has 2 N–H and O–H groups in total. The zero-order valence-electron chi connectivity index (χ0n) is 21.4. The zero-order valence-corrected chi connectivity index (χ0v) is 21.4. The topological polar surface area (TPSA) is 100 Å². The number of rotatable bonds is 4. The summed E-state index contributed by atoms with van der Waals surface area (Å²) in [5.74, 6) is -3.81. The molecule has 2 aliphatic heterocycles. The minimum Gasteiger partial charge on any atom is -0.368 e. The number of piperidine rings is 1. The quantitative estimate of drug-likeness (QED) is 0.617. The molecule has 4 fully saturated rings. The third kappa shape index (κ3) is 4.28. The van der Waals surface area contributed by atoms with Crippen molar-refractivity contribution in [1.82, 2.24) is 25.4 Å². The highest BCUT2D eigenvalue weighted by atomic mass is 19.3. The Morgan fingerprint density at radius 3 is 2.58 bits per heavy atom. The minimum atomic E-state index is -2.81. The molecule has 0 unspecified atom stereocenters. The molecule has 0 radical (unpaired) electrons. The van der Waals surface area contributed by atoms with E-state index in [1.807, 2.05) is 4.90 Å². The molecule has 0 bridgehead atoms. The average molecular weight is 532 g/mol. The number of carbonyl (C=O) groups is 2. The molecule has 2 saturated heterocycles. The fourth-order valence-corrected chi connectivity index (χ4v) is 6.57. The first-order valence-corrected chi connectivity index (χ1v) is 13.4. The van der Waals surface area contributed by atoms with E-state index in [-0.39, 0.29) is 66.4 Å². The Morgan fingerprint density at radius 2 is 1.89 bits per heavy atom. The predicted octanol–water partition coefficient (Wildman–Crippen LogP) is 4.16. The first kappa shape index (κ1) is 25.3. The van der Waals surface area contributed by atoms with Crippen LogP contribution < -0.4 is 5.32 Å². The maximum atomic E-state index is 14.3. The monoisotopic (exact) mass is 531 g/mol. The van der Waals surface area contributed by atoms with Crippen molar-refractivity contribution in [3.8, 4) is 11.3 Å². The Bertz CT molecular complexity index is 1250. The zero-order chi connectivity index (χ0) is 26.7. The third-order valence-corrected chi connectivity index (χ3v) is 9.02. The number of pyridine rings is 1. The summed E-state index contributed by atoms with van der Waals surface area (Å²) in [6, 6.07) is 3.01. The van der Waals surface area contributed by atoms with Crippen molar-refractivity contribution in [1.29, 1.82) is 0 Å². The van der Waals surface area contributed by atoms with Gasteiger partial charge in [0.1, 0.15) is 11.3 Å². The molecule has 2 spiro atoms. The minimum absolute atomic E-state index is 0.0595. The number of aromatic amines is 1. The van der Waals surface area contributed by atoms with Gasteiger partial charge in [0.25, 0.3) is 11.8 Å². The number of H-pyrrole nitrogens is 1. The summed E-state index contributed by atoms with van der Waals surface area (Å²) in [6.45, 7) is 2.28. The van der Waals surface area contributed by atoms with Crippen LogP contribution in [0.25, 0.3) is 11.3 Å². The highest BCUT2D eigenvalue weighted by molar-refractivity contribution is 5.94. The van der Waals surface area contributed by atoms with Crippen LogP contribution in [0.3, 0.4) is 0 Å². The molecule has 2 aliphatic carbocycles. The molecule has 4 aliphatic rings. The van der Waals surface area contributed by atoms with Crippen LogP contribution in [0, 0.1) is 18.7 Å². The van der Waals surface area contributed by atoms with Crippen LogP contribution >= 0.6 is 0 Å². The smallest absolute Gasteiger partial charge is 0.278 e. The van der Waals surface area contributed by atoms with Crippen molar-refractivity contribution >= 4 is 11.8 Å². The Kier molecular flexibility index (Phi) is 6.04. The number of halogens is 3. The number of alkyl halides is 2. The van der Waals surface area contributed by atoms with Crippen LogP contribution in [-0.2, 0) is 9.53 Å². The van der Waals surface area contributed by atoms with Gasteiger partial charge in [-0.15, -0.1) is 0 Å². The lowest BCUT2D eigenvalue weighted by Gasteiger charge is -2.42. The summed E-state index contributed by atoms with van der Waals surface area (Å²) >= 11 is 0. The normalized spacial score (nSPS) is 29.5. The van der Waals surface area contributed by atoms with E-state index < -0.39 is 17.3 Å². The lowest BCUT2D eigenvalue weighted by atomic mass is 9.78. The van der Waals surface area contributed by atoms with Crippen molar-refractivity contribution in [3.63, 3.8) is 0 Å². The van der Waals surface area contributed by atoms with Gasteiger partial charge in [-0.1, -0.05) is 0 Å². The molecule has 2 saturated carbocycles. The molecule has 2 aromatic rings. The molecule has 6 rings (SSSR count). The molecule has 1 atom stereocenters. The number of amides is 2. The highest BCUT2D eigenvalue weighted by Crippen LogP contribution is 2.51. The number of hydrogen-bond acceptors (Lipinski definition) is 5. The largest absolute Gasteiger partial charge is 0.368 e. The fourth-order valence-electron chi connectivity index (χ4n) is 6.57. The van der Waals surface area contributed by atoms with Gasteiger partial charge in [0.05, 0.1) is 18.5 Å². The van der Waals surface area contributed by atoms with E-state index in [9.17, 15) is 22.8 Å². The number of aromatic nitrogens is 3. The summed E-state index contributed by atoms with van der Waals surface area (Å²) < 4.78 is 48.4. The number of likely N-dealkylation sites (tertiary alicyclic amines) is 1. The Morgan fingerprint density at radius 1 is 1.13 bits per heavy atom. The molecule has 4 heterocycles. The van der Waals surface area contributed by atoms with Crippen LogP contribution in [0.4, 0.5) is 13.2 Å². The average Bonchev–Trinajstić information content (AvgIpc) is 3.35. The van der Waals surface area contributed by atoms with Crippen LogP contribution in [-0.4, -0.2) is 68.2 Å². The van der Waals surface area contributed by atoms with Crippen molar-refractivity contribution in [2.45, 2.75) is 87.8 Å². The lowest BCUT2D eigenvalue weighted by molar-refractivity contribution is -0.165. The Hall–Kier alpha value is -2.95. The van der Waals surface area contributed by atoms with Gasteiger partial charge in [-0.25, -0.2) is 13.2 Å². The molecule has 2 aromatic heterocycles. The first-order chi connectivity index (χ1) is 18.1. The van der Waals surface area contributed by atoms with E-state index in [2.05, 4.69) is 20.5 Å². The van der Waals surface area contributed by atoms with Crippen molar-refractivity contribution in [3.05, 3.63) is 35.5 Å². The summed E-state index contributed by atoms with van der Waals surface area (Å²) in [6.07, 6.45) is 5.08. The van der Waals surface area contributed by atoms with Gasteiger partial charge in [0, 0.05) is 41.7 Å². The van der Waals surface area contributed by atoms with Gasteiger partial charge in [0.2, 0.25) is 5.91 Å². The van der Waals surface area contributed by atoms with E-state index in [0.29, 0.717) is 43.6 Å². The number of ether oxygens (including phenoxy) is 1. The van der Waals surface area contributed by atoms with Crippen molar-refractivity contribution in [2.75, 3.05) is 13.2 Å². The number of nitrogens with zero attached hydrogens (tertiary/aromatic N) is 3. The van der Waals surface area contributed by atoms with Gasteiger partial charge < -0.3 is 15.0 Å². The third-order valence-electron chi connectivity index (χ3n) is 9.02. The van der Waals surface area contributed by atoms with Crippen LogP contribution in [0.15, 0.2) is 18.3 Å². The van der Waals surface area contributed by atoms with Crippen molar-refractivity contribution in [2.24, 2.45) is 5.92 Å². The molecular formula is C27H32F3N5O3. The summed E-state index contributed by atoms with van der Waals surface area (Å²) in [5, 5.41) is 10.0. The molecule has 2 amide bonds. The van der Waals surface area contributed by atoms with Gasteiger partial charge in [-0.2, -0.15) is 5.10 Å². The number of nitrogens with one attached hydrogen (secondary N) is 2. The second-order valence-corrected chi connectivity index (χ2v) is 11.4. The van der Waals surface area contributed by atoms with E-state index in [4.69, 9.17) is 4.74 Å². The molecule has 11 heteroatoms. The number of hydrogen-bond donors (Lipinski definition) is 2. The molecule has 204 valence electrons. The van der Waals surface area contributed by atoms with Gasteiger partial charge in [0.15, 0.2) is 5.82 Å². The van der Waals surface area contributed by atoms with E-state index in [0.717, 1.165) is 19.0 Å². The van der Waals surface area contributed by atoms with Crippen LogP contribution in [0.1, 0.15) is 74.0 Å². The van der Waals surface area contributed by atoms with Gasteiger partial charge >= 0.3 is 0 Å². The predicted molar refractivity (Wildman–Crippen MR) is 131 cm³/mol. The summed E-state index contributed by atoms with van der Waals surface area (Å²) in [4.78, 5) is 32.3. The maximum Gasteiger partial charge on any atom is 0.278 e. The molecule has 38 heavy (non-hydrogen) atoms. The molecule has 8 nitrogen and oxygen atoms in total. The van der Waals surface area contributed by atoms with E-state index in [1.54, 1.807) is 19.1 Å². The molecule has 0 aromatic carbocycles. The highest BCUT2D eigenvalue weighted by Gasteiger charge is 2.59. The number of aryl methyl sites for hydroxylation is 1. The SMILES string of the molecule is Cc1cc(-c2cc(C(=O)N3CC[C@@H](C(=O)NC4CCC5(CC4)OCCC5(F)F)CC34CC4)[nH]n2)c(F)cn1. The maximum absolute atomic E-state index is 14.3. The van der Waals surface area contributed by atoms with E-state index in [1.165, 1.54) is 0 Å². The van der Waals surface area contributed by atoms with Crippen LogP contribution in [0.5, 0.6) is 0 Å². The van der Waals surface area contributed by atoms with Gasteiger partial charge in [-0.3, -0.25) is 19.7 Å². The lowest BCUT2D eigenvalue weighted by Crippen LogP contribution is -2.54. The van der Waals surface area contributed by atoms with E-state index >= 15 is 0 Å². The Labute approximate surface area is 218 Å². The van der Waals surface area contributed by atoms with Crippen LogP contribution in [0.2, 0.25) is 0 Å².